The smallest absolute Gasteiger partial charge is 0.264 e. The maximum atomic E-state index is 13.1. The van der Waals surface area contributed by atoms with Gasteiger partial charge in [0.15, 0.2) is 0 Å². The van der Waals surface area contributed by atoms with E-state index in [-0.39, 0.29) is 4.90 Å². The molecule has 23 heavy (non-hydrogen) atoms. The van der Waals surface area contributed by atoms with E-state index in [1.165, 1.54) is 4.31 Å². The summed E-state index contributed by atoms with van der Waals surface area (Å²) >= 11 is 3.36. The van der Waals surface area contributed by atoms with Crippen LogP contribution in [0.2, 0.25) is 0 Å². The number of benzene rings is 2. The highest BCUT2D eigenvalue weighted by atomic mass is 79.9. The zero-order chi connectivity index (χ0) is 16.6. The highest BCUT2D eigenvalue weighted by Crippen LogP contribution is 2.34. The maximum absolute atomic E-state index is 13.1. The number of aryl methyl sites for hydroxylation is 2. The summed E-state index contributed by atoms with van der Waals surface area (Å²) in [5.41, 5.74) is 3.02. The van der Waals surface area contributed by atoms with Crippen LogP contribution in [0.1, 0.15) is 17.5 Å². The van der Waals surface area contributed by atoms with Gasteiger partial charge in [-0.15, -0.1) is 0 Å². The lowest BCUT2D eigenvalue weighted by Crippen LogP contribution is -2.35. The summed E-state index contributed by atoms with van der Waals surface area (Å²) in [6.45, 7) is 2.52. The van der Waals surface area contributed by atoms with Crippen LogP contribution in [0, 0.1) is 6.92 Å². The van der Waals surface area contributed by atoms with Gasteiger partial charge in [0.1, 0.15) is 5.75 Å². The first-order valence-electron chi connectivity index (χ1n) is 7.39. The van der Waals surface area contributed by atoms with E-state index in [1.807, 2.05) is 19.1 Å². The third-order valence-electron chi connectivity index (χ3n) is 4.02. The van der Waals surface area contributed by atoms with Crippen LogP contribution in [0.4, 0.5) is 5.69 Å². The second-order valence-corrected chi connectivity index (χ2v) is 8.33. The Morgan fingerprint density at radius 3 is 2.65 bits per heavy atom. The second-order valence-electron chi connectivity index (χ2n) is 5.61. The van der Waals surface area contributed by atoms with Gasteiger partial charge in [0, 0.05) is 6.54 Å². The molecule has 1 aliphatic heterocycles. The molecule has 122 valence electrons. The summed E-state index contributed by atoms with van der Waals surface area (Å²) < 4.78 is 33.4. The van der Waals surface area contributed by atoms with Gasteiger partial charge in [-0.2, -0.15) is 0 Å². The number of sulfonamides is 1. The lowest BCUT2D eigenvalue weighted by Gasteiger charge is -2.30. The minimum Gasteiger partial charge on any atom is -0.496 e. The van der Waals surface area contributed by atoms with Crippen molar-refractivity contribution in [2.75, 3.05) is 18.0 Å². The van der Waals surface area contributed by atoms with Gasteiger partial charge in [-0.1, -0.05) is 17.7 Å². The molecule has 0 fully saturated rings. The number of nitrogens with zero attached hydrogens (tertiary/aromatic N) is 1. The van der Waals surface area contributed by atoms with Crippen molar-refractivity contribution in [3.63, 3.8) is 0 Å². The average molecular weight is 396 g/mol. The van der Waals surface area contributed by atoms with Gasteiger partial charge < -0.3 is 4.74 Å². The van der Waals surface area contributed by atoms with E-state index in [1.54, 1.807) is 25.3 Å². The van der Waals surface area contributed by atoms with Gasteiger partial charge in [-0.05, 0) is 65.5 Å². The largest absolute Gasteiger partial charge is 0.496 e. The normalized spacial score (nSPS) is 14.5. The van der Waals surface area contributed by atoms with Gasteiger partial charge in [-0.3, -0.25) is 4.31 Å². The van der Waals surface area contributed by atoms with Crippen LogP contribution in [-0.2, 0) is 16.4 Å². The number of hydrogen-bond acceptors (Lipinski definition) is 3. The summed E-state index contributed by atoms with van der Waals surface area (Å²) in [5, 5.41) is 0. The Labute approximate surface area is 145 Å². The third kappa shape index (κ3) is 2.97. The number of halogens is 1. The molecule has 2 aromatic carbocycles. The first-order valence-corrected chi connectivity index (χ1v) is 9.62. The zero-order valence-corrected chi connectivity index (χ0v) is 15.4. The van der Waals surface area contributed by atoms with E-state index in [9.17, 15) is 8.42 Å². The number of anilines is 1. The standard InChI is InChI=1S/C17H18BrNO3S/c1-12-5-7-16-13(10-12)4-3-9-19(16)23(20,21)14-6-8-17(22-2)15(18)11-14/h5-8,10-11H,3-4,9H2,1-2H3. The molecular weight excluding hydrogens is 378 g/mol. The predicted molar refractivity (Wildman–Crippen MR) is 94.7 cm³/mol. The SMILES string of the molecule is COc1ccc(S(=O)(=O)N2CCCc3cc(C)ccc32)cc1Br. The Kier molecular flexibility index (Phi) is 4.38. The van der Waals surface area contributed by atoms with Gasteiger partial charge in [0.25, 0.3) is 10.0 Å². The molecule has 1 heterocycles. The molecule has 0 aromatic heterocycles. The van der Waals surface area contributed by atoms with Gasteiger partial charge in [0.2, 0.25) is 0 Å². The first-order chi connectivity index (χ1) is 10.9. The lowest BCUT2D eigenvalue weighted by molar-refractivity contribution is 0.411. The summed E-state index contributed by atoms with van der Waals surface area (Å²) in [4.78, 5) is 0.263. The zero-order valence-electron chi connectivity index (χ0n) is 13.0. The fourth-order valence-electron chi connectivity index (χ4n) is 2.88. The highest BCUT2D eigenvalue weighted by Gasteiger charge is 2.29. The summed E-state index contributed by atoms with van der Waals surface area (Å²) in [7, 11) is -2.03. The number of rotatable bonds is 3. The minimum atomic E-state index is -3.59. The van der Waals surface area contributed by atoms with E-state index in [0.29, 0.717) is 16.8 Å². The fourth-order valence-corrected chi connectivity index (χ4v) is 5.14. The van der Waals surface area contributed by atoms with Crippen LogP contribution in [0.15, 0.2) is 45.8 Å². The highest BCUT2D eigenvalue weighted by molar-refractivity contribution is 9.10. The number of fused-ring (bicyclic) bond motifs is 1. The Bertz CT molecular complexity index is 849. The van der Waals surface area contributed by atoms with Crippen molar-refractivity contribution in [3.8, 4) is 5.75 Å². The lowest BCUT2D eigenvalue weighted by atomic mass is 10.0. The summed E-state index contributed by atoms with van der Waals surface area (Å²) in [6, 6.07) is 10.8. The molecule has 0 bridgehead atoms. The first kappa shape index (κ1) is 16.3. The van der Waals surface area contributed by atoms with Crippen molar-refractivity contribution in [1.29, 1.82) is 0 Å². The molecule has 0 spiro atoms. The van der Waals surface area contributed by atoms with E-state index in [0.717, 1.165) is 29.7 Å². The molecule has 0 radical (unpaired) electrons. The van der Waals surface area contributed by atoms with Crippen LogP contribution < -0.4 is 9.04 Å². The predicted octanol–water partition coefficient (Wildman–Crippen LogP) is 3.91. The number of ether oxygens (including phenoxy) is 1. The molecule has 0 atom stereocenters. The van der Waals surface area contributed by atoms with E-state index in [2.05, 4.69) is 22.0 Å². The average Bonchev–Trinajstić information content (AvgIpc) is 2.53. The molecule has 0 N–H and O–H groups in total. The van der Waals surface area contributed by atoms with Crippen molar-refractivity contribution in [3.05, 3.63) is 52.0 Å². The molecule has 0 saturated carbocycles. The number of hydrogen-bond donors (Lipinski definition) is 0. The van der Waals surface area contributed by atoms with Gasteiger partial charge >= 0.3 is 0 Å². The van der Waals surface area contributed by atoms with Gasteiger partial charge in [0.05, 0.1) is 22.2 Å². The third-order valence-corrected chi connectivity index (χ3v) is 6.45. The molecule has 0 saturated heterocycles. The molecule has 2 aromatic rings. The summed E-state index contributed by atoms with van der Waals surface area (Å²) in [5.74, 6) is 0.610. The Balaban J connectivity index is 2.06. The van der Waals surface area contributed by atoms with Crippen LogP contribution in [-0.4, -0.2) is 22.1 Å². The molecule has 0 aliphatic carbocycles. The van der Waals surface area contributed by atoms with Crippen molar-refractivity contribution >= 4 is 31.6 Å². The molecule has 0 amide bonds. The van der Waals surface area contributed by atoms with E-state index in [4.69, 9.17) is 4.74 Å². The quantitative estimate of drug-likeness (QED) is 0.791. The molecule has 6 heteroatoms. The Morgan fingerprint density at radius 1 is 1.17 bits per heavy atom. The van der Waals surface area contributed by atoms with Crippen LogP contribution >= 0.6 is 15.9 Å². The molecule has 4 nitrogen and oxygen atoms in total. The van der Waals surface area contributed by atoms with Crippen LogP contribution in [0.25, 0.3) is 0 Å². The monoisotopic (exact) mass is 395 g/mol. The number of methoxy groups -OCH3 is 1. The summed E-state index contributed by atoms with van der Waals surface area (Å²) in [6.07, 6.45) is 1.74. The van der Waals surface area contributed by atoms with Crippen molar-refractivity contribution < 1.29 is 13.2 Å². The fraction of sp³-hybridized carbons (Fsp3) is 0.294. The van der Waals surface area contributed by atoms with Crippen molar-refractivity contribution in [2.24, 2.45) is 0 Å². The van der Waals surface area contributed by atoms with Crippen LogP contribution in [0.3, 0.4) is 0 Å². The van der Waals surface area contributed by atoms with Gasteiger partial charge in [-0.25, -0.2) is 8.42 Å². The molecule has 1 aliphatic rings. The van der Waals surface area contributed by atoms with E-state index >= 15 is 0 Å². The molecule has 0 unspecified atom stereocenters. The molecular formula is C17H18BrNO3S. The van der Waals surface area contributed by atoms with Crippen molar-refractivity contribution in [1.82, 2.24) is 0 Å². The second kappa shape index (κ2) is 6.17. The van der Waals surface area contributed by atoms with Crippen LogP contribution in [0.5, 0.6) is 5.75 Å². The topological polar surface area (TPSA) is 46.6 Å². The van der Waals surface area contributed by atoms with Crippen molar-refractivity contribution in [2.45, 2.75) is 24.7 Å². The Morgan fingerprint density at radius 2 is 1.96 bits per heavy atom. The molecule has 3 rings (SSSR count). The van der Waals surface area contributed by atoms with E-state index < -0.39 is 10.0 Å². The Hall–Kier alpha value is -1.53. The maximum Gasteiger partial charge on any atom is 0.264 e. The minimum absolute atomic E-state index is 0.263.